The molecule has 1 heterocycles. The summed E-state index contributed by atoms with van der Waals surface area (Å²) < 4.78 is 0. The van der Waals surface area contributed by atoms with Crippen LogP contribution in [0.15, 0.2) is 12.1 Å². The van der Waals surface area contributed by atoms with E-state index >= 15 is 0 Å². The molecule has 0 radical (unpaired) electrons. The Morgan fingerprint density at radius 2 is 2.00 bits per heavy atom. The number of hydrogen-bond donors (Lipinski definition) is 1. The van der Waals surface area contributed by atoms with Crippen molar-refractivity contribution in [1.82, 2.24) is 5.32 Å². The van der Waals surface area contributed by atoms with Gasteiger partial charge in [-0.3, -0.25) is 0 Å². The summed E-state index contributed by atoms with van der Waals surface area (Å²) in [5.74, 6) is 0. The van der Waals surface area contributed by atoms with Gasteiger partial charge >= 0.3 is 0 Å². The van der Waals surface area contributed by atoms with Gasteiger partial charge in [-0.1, -0.05) is 13.8 Å². The van der Waals surface area contributed by atoms with Crippen molar-refractivity contribution in [1.29, 1.82) is 0 Å². The SMILES string of the molecule is CCc1ccc(CNCC2(CC)CC2)s1. The van der Waals surface area contributed by atoms with Crippen LogP contribution in [0.4, 0.5) is 0 Å². The van der Waals surface area contributed by atoms with E-state index in [2.05, 4.69) is 31.3 Å². The highest BCUT2D eigenvalue weighted by molar-refractivity contribution is 7.11. The Labute approximate surface area is 96.9 Å². The van der Waals surface area contributed by atoms with E-state index in [4.69, 9.17) is 0 Å². The first-order valence-electron chi connectivity index (χ1n) is 6.06. The lowest BCUT2D eigenvalue weighted by Crippen LogP contribution is -2.22. The third kappa shape index (κ3) is 2.82. The largest absolute Gasteiger partial charge is 0.311 e. The van der Waals surface area contributed by atoms with Crippen LogP contribution in [0.2, 0.25) is 0 Å². The zero-order valence-electron chi connectivity index (χ0n) is 9.81. The van der Waals surface area contributed by atoms with Crippen LogP contribution in [0.3, 0.4) is 0 Å². The van der Waals surface area contributed by atoms with Gasteiger partial charge in [0.25, 0.3) is 0 Å². The molecule has 1 aromatic heterocycles. The fourth-order valence-corrected chi connectivity index (χ4v) is 2.92. The predicted molar refractivity (Wildman–Crippen MR) is 67.4 cm³/mol. The Morgan fingerprint density at radius 1 is 1.27 bits per heavy atom. The van der Waals surface area contributed by atoms with Crippen LogP contribution in [-0.2, 0) is 13.0 Å². The summed E-state index contributed by atoms with van der Waals surface area (Å²) in [6.45, 7) is 6.81. The number of aryl methyl sites for hydroxylation is 1. The van der Waals surface area contributed by atoms with E-state index in [1.807, 2.05) is 11.3 Å². The van der Waals surface area contributed by atoms with Crippen LogP contribution in [0, 0.1) is 5.41 Å². The zero-order valence-corrected chi connectivity index (χ0v) is 10.6. The summed E-state index contributed by atoms with van der Waals surface area (Å²) in [6.07, 6.45) is 5.37. The Bertz CT molecular complexity index is 312. The Morgan fingerprint density at radius 3 is 2.53 bits per heavy atom. The second kappa shape index (κ2) is 4.67. The molecule has 0 atom stereocenters. The van der Waals surface area contributed by atoms with E-state index in [9.17, 15) is 0 Å². The van der Waals surface area contributed by atoms with Crippen LogP contribution in [0.1, 0.15) is 42.9 Å². The average Bonchev–Trinajstić information content (AvgIpc) is 2.89. The van der Waals surface area contributed by atoms with Crippen LogP contribution >= 0.6 is 11.3 Å². The lowest BCUT2D eigenvalue weighted by molar-refractivity contribution is 0.444. The fraction of sp³-hybridized carbons (Fsp3) is 0.692. The number of rotatable bonds is 6. The quantitative estimate of drug-likeness (QED) is 0.777. The minimum absolute atomic E-state index is 0.671. The Hall–Kier alpha value is -0.340. The topological polar surface area (TPSA) is 12.0 Å². The van der Waals surface area contributed by atoms with Crippen LogP contribution in [-0.4, -0.2) is 6.54 Å². The maximum Gasteiger partial charge on any atom is 0.0300 e. The highest BCUT2D eigenvalue weighted by Crippen LogP contribution is 2.47. The Balaban J connectivity index is 1.73. The van der Waals surface area contributed by atoms with Crippen molar-refractivity contribution in [2.45, 2.75) is 46.1 Å². The van der Waals surface area contributed by atoms with Crippen molar-refractivity contribution in [3.63, 3.8) is 0 Å². The second-order valence-corrected chi connectivity index (χ2v) is 5.93. The lowest BCUT2D eigenvalue weighted by Gasteiger charge is -2.12. The summed E-state index contributed by atoms with van der Waals surface area (Å²) in [7, 11) is 0. The molecule has 1 N–H and O–H groups in total. The third-order valence-corrected chi connectivity index (χ3v) is 4.80. The first-order chi connectivity index (χ1) is 7.28. The van der Waals surface area contributed by atoms with E-state index in [1.165, 1.54) is 42.0 Å². The highest BCUT2D eigenvalue weighted by atomic mass is 32.1. The summed E-state index contributed by atoms with van der Waals surface area (Å²) in [6, 6.07) is 4.52. The molecule has 2 rings (SSSR count). The van der Waals surface area contributed by atoms with E-state index in [0.717, 1.165) is 6.54 Å². The smallest absolute Gasteiger partial charge is 0.0300 e. The second-order valence-electron chi connectivity index (χ2n) is 4.68. The molecule has 1 aliphatic rings. The maximum atomic E-state index is 3.60. The van der Waals surface area contributed by atoms with Gasteiger partial charge in [-0.2, -0.15) is 0 Å². The number of nitrogens with one attached hydrogen (secondary N) is 1. The summed E-state index contributed by atoms with van der Waals surface area (Å²) in [5, 5.41) is 3.60. The van der Waals surface area contributed by atoms with Gasteiger partial charge in [0.15, 0.2) is 0 Å². The van der Waals surface area contributed by atoms with Crippen molar-refractivity contribution in [3.05, 3.63) is 21.9 Å². The molecule has 0 bridgehead atoms. The predicted octanol–water partition coefficient (Wildman–Crippen LogP) is 3.59. The summed E-state index contributed by atoms with van der Waals surface area (Å²) in [4.78, 5) is 2.99. The third-order valence-electron chi connectivity index (χ3n) is 3.57. The highest BCUT2D eigenvalue weighted by Gasteiger charge is 2.39. The Kier molecular flexibility index (Phi) is 3.47. The van der Waals surface area contributed by atoms with E-state index in [1.54, 1.807) is 0 Å². The van der Waals surface area contributed by atoms with Crippen LogP contribution in [0.5, 0.6) is 0 Å². The number of thiophene rings is 1. The standard InChI is InChI=1S/C13H21NS/c1-3-11-5-6-12(15-11)9-14-10-13(4-2)7-8-13/h5-6,14H,3-4,7-10H2,1-2H3. The van der Waals surface area contributed by atoms with E-state index in [-0.39, 0.29) is 0 Å². The molecule has 0 spiro atoms. The molecule has 1 fully saturated rings. The van der Waals surface area contributed by atoms with Crippen molar-refractivity contribution >= 4 is 11.3 Å². The molecule has 0 saturated heterocycles. The monoisotopic (exact) mass is 223 g/mol. The van der Waals surface area contributed by atoms with Gasteiger partial charge in [-0.05, 0) is 43.2 Å². The van der Waals surface area contributed by atoms with Crippen molar-refractivity contribution in [3.8, 4) is 0 Å². The van der Waals surface area contributed by atoms with Crippen LogP contribution < -0.4 is 5.32 Å². The van der Waals surface area contributed by atoms with Crippen molar-refractivity contribution in [2.75, 3.05) is 6.54 Å². The van der Waals surface area contributed by atoms with E-state index < -0.39 is 0 Å². The maximum absolute atomic E-state index is 3.60. The molecule has 0 aromatic carbocycles. The fourth-order valence-electron chi connectivity index (χ4n) is 1.99. The molecular weight excluding hydrogens is 202 g/mol. The molecule has 1 aliphatic carbocycles. The van der Waals surface area contributed by atoms with Gasteiger partial charge in [0.05, 0.1) is 0 Å². The molecule has 1 aromatic rings. The summed E-state index contributed by atoms with van der Waals surface area (Å²) in [5.41, 5.74) is 0.671. The van der Waals surface area contributed by atoms with Gasteiger partial charge in [0.2, 0.25) is 0 Å². The lowest BCUT2D eigenvalue weighted by atomic mass is 10.0. The first-order valence-corrected chi connectivity index (χ1v) is 6.88. The van der Waals surface area contributed by atoms with Gasteiger partial charge in [0, 0.05) is 22.8 Å². The molecular formula is C13H21NS. The van der Waals surface area contributed by atoms with Gasteiger partial charge in [-0.25, -0.2) is 0 Å². The average molecular weight is 223 g/mol. The molecule has 1 nitrogen and oxygen atoms in total. The molecule has 1 saturated carbocycles. The molecule has 84 valence electrons. The molecule has 0 unspecified atom stereocenters. The molecule has 2 heteroatoms. The van der Waals surface area contributed by atoms with Crippen molar-refractivity contribution < 1.29 is 0 Å². The molecule has 0 aliphatic heterocycles. The minimum Gasteiger partial charge on any atom is -0.311 e. The first kappa shape index (κ1) is 11.2. The number of hydrogen-bond acceptors (Lipinski definition) is 2. The van der Waals surface area contributed by atoms with Gasteiger partial charge in [0.1, 0.15) is 0 Å². The van der Waals surface area contributed by atoms with Gasteiger partial charge in [-0.15, -0.1) is 11.3 Å². The summed E-state index contributed by atoms with van der Waals surface area (Å²) >= 11 is 1.95. The van der Waals surface area contributed by atoms with Gasteiger partial charge < -0.3 is 5.32 Å². The molecule has 15 heavy (non-hydrogen) atoms. The molecule has 0 amide bonds. The van der Waals surface area contributed by atoms with Crippen molar-refractivity contribution in [2.24, 2.45) is 5.41 Å². The van der Waals surface area contributed by atoms with E-state index in [0.29, 0.717) is 5.41 Å². The zero-order chi connectivity index (χ0) is 10.7. The minimum atomic E-state index is 0.671. The normalized spacial score (nSPS) is 18.0. The van der Waals surface area contributed by atoms with Crippen LogP contribution in [0.25, 0.3) is 0 Å².